The van der Waals surface area contributed by atoms with E-state index in [0.29, 0.717) is 33.9 Å². The van der Waals surface area contributed by atoms with Crippen LogP contribution in [-0.2, 0) is 5.41 Å². The first kappa shape index (κ1) is 25.1. The molecule has 0 aliphatic carbocycles. The summed E-state index contributed by atoms with van der Waals surface area (Å²) in [7, 11) is 1.55. The highest BCUT2D eigenvalue weighted by atomic mass is 16.2. The van der Waals surface area contributed by atoms with Crippen molar-refractivity contribution in [1.82, 2.24) is 25.3 Å². The number of aromatic nitrogens is 4. The van der Waals surface area contributed by atoms with Crippen LogP contribution in [0.5, 0.6) is 0 Å². The molecule has 3 aromatic heterocycles. The maximum Gasteiger partial charge on any atom is 0.269 e. The van der Waals surface area contributed by atoms with Gasteiger partial charge in [-0.15, -0.1) is 0 Å². The number of rotatable bonds is 6. The third kappa shape index (κ3) is 5.49. The lowest BCUT2D eigenvalue weighted by atomic mass is 9.90. The van der Waals surface area contributed by atoms with Gasteiger partial charge in [-0.05, 0) is 62.7 Å². The van der Waals surface area contributed by atoms with E-state index < -0.39 is 5.41 Å². The van der Waals surface area contributed by atoms with E-state index in [0.717, 1.165) is 11.1 Å². The second-order valence-corrected chi connectivity index (χ2v) is 8.95. The van der Waals surface area contributed by atoms with E-state index in [9.17, 15) is 14.9 Å². The number of benzene rings is 1. The van der Waals surface area contributed by atoms with E-state index in [1.807, 2.05) is 25.1 Å². The zero-order valence-corrected chi connectivity index (χ0v) is 20.9. The lowest BCUT2D eigenvalue weighted by Crippen LogP contribution is -2.19. The Morgan fingerprint density at radius 1 is 0.946 bits per heavy atom. The molecule has 0 spiro atoms. The molecule has 0 fully saturated rings. The molecule has 0 aliphatic rings. The van der Waals surface area contributed by atoms with Gasteiger partial charge in [0.15, 0.2) is 0 Å². The Labute approximate surface area is 214 Å². The summed E-state index contributed by atoms with van der Waals surface area (Å²) in [5.74, 6) is -0.603. The van der Waals surface area contributed by atoms with Crippen LogP contribution in [0.4, 0.5) is 5.69 Å². The van der Waals surface area contributed by atoms with E-state index in [1.165, 1.54) is 6.20 Å². The van der Waals surface area contributed by atoms with Crippen molar-refractivity contribution in [2.75, 3.05) is 12.4 Å². The number of amides is 2. The molecule has 0 bridgehead atoms. The van der Waals surface area contributed by atoms with Gasteiger partial charge in [0.05, 0.1) is 41.0 Å². The van der Waals surface area contributed by atoms with Gasteiger partial charge in [-0.25, -0.2) is 4.98 Å². The highest BCUT2D eigenvalue weighted by Crippen LogP contribution is 2.28. The number of aryl methyl sites for hydroxylation is 1. The highest BCUT2D eigenvalue weighted by molar-refractivity contribution is 6.04. The van der Waals surface area contributed by atoms with Crippen LogP contribution in [0.2, 0.25) is 0 Å². The maximum absolute atomic E-state index is 13.0. The van der Waals surface area contributed by atoms with Crippen molar-refractivity contribution in [3.05, 3.63) is 89.8 Å². The molecule has 37 heavy (non-hydrogen) atoms. The number of anilines is 1. The van der Waals surface area contributed by atoms with Crippen LogP contribution in [0.3, 0.4) is 0 Å². The van der Waals surface area contributed by atoms with Gasteiger partial charge in [0.1, 0.15) is 5.69 Å². The van der Waals surface area contributed by atoms with Crippen LogP contribution in [0.15, 0.2) is 67.3 Å². The van der Waals surface area contributed by atoms with Crippen LogP contribution >= 0.6 is 0 Å². The molecule has 4 aromatic rings. The fraction of sp³-hybridized carbons (Fsp3) is 0.179. The van der Waals surface area contributed by atoms with E-state index in [1.54, 1.807) is 63.8 Å². The Morgan fingerprint density at radius 2 is 1.70 bits per heavy atom. The summed E-state index contributed by atoms with van der Waals surface area (Å²) in [4.78, 5) is 42.4. The summed E-state index contributed by atoms with van der Waals surface area (Å²) in [6.07, 6.45) is 6.35. The molecular weight excluding hydrogens is 466 g/mol. The Balaban J connectivity index is 1.63. The summed E-state index contributed by atoms with van der Waals surface area (Å²) >= 11 is 0. The van der Waals surface area contributed by atoms with Gasteiger partial charge in [-0.1, -0.05) is 6.07 Å². The van der Waals surface area contributed by atoms with E-state index in [-0.39, 0.29) is 17.5 Å². The van der Waals surface area contributed by atoms with Gasteiger partial charge in [0, 0.05) is 41.8 Å². The van der Waals surface area contributed by atoms with E-state index >= 15 is 0 Å². The van der Waals surface area contributed by atoms with Crippen LogP contribution in [0, 0.1) is 18.3 Å². The van der Waals surface area contributed by atoms with Gasteiger partial charge in [0.25, 0.3) is 11.8 Å². The molecule has 2 N–H and O–H groups in total. The topological polar surface area (TPSA) is 134 Å². The van der Waals surface area contributed by atoms with E-state index in [4.69, 9.17) is 4.98 Å². The first-order valence-corrected chi connectivity index (χ1v) is 11.5. The van der Waals surface area contributed by atoms with Crippen molar-refractivity contribution < 1.29 is 9.59 Å². The van der Waals surface area contributed by atoms with Gasteiger partial charge in [-0.2, -0.15) is 5.26 Å². The third-order valence-electron chi connectivity index (χ3n) is 5.86. The average molecular weight is 492 g/mol. The van der Waals surface area contributed by atoms with Crippen molar-refractivity contribution >= 4 is 17.5 Å². The minimum atomic E-state index is -0.813. The zero-order valence-electron chi connectivity index (χ0n) is 20.9. The van der Waals surface area contributed by atoms with E-state index in [2.05, 4.69) is 31.7 Å². The zero-order chi connectivity index (χ0) is 26.6. The molecule has 0 aliphatic heterocycles. The van der Waals surface area contributed by atoms with Crippen molar-refractivity contribution in [1.29, 1.82) is 5.26 Å². The number of carbonyl (C=O) groups excluding carboxylic acids is 2. The van der Waals surface area contributed by atoms with Crippen molar-refractivity contribution in [3.8, 4) is 28.6 Å². The molecule has 184 valence electrons. The number of nitrogens with one attached hydrogen (secondary N) is 2. The summed E-state index contributed by atoms with van der Waals surface area (Å²) in [6.45, 7) is 5.46. The lowest BCUT2D eigenvalue weighted by Gasteiger charge is -2.15. The predicted octanol–water partition coefficient (Wildman–Crippen LogP) is 4.32. The number of hydrogen-bond donors (Lipinski definition) is 2. The molecule has 0 saturated carbocycles. The average Bonchev–Trinajstić information content (AvgIpc) is 2.93. The Kier molecular flexibility index (Phi) is 7.02. The number of nitriles is 1. The van der Waals surface area contributed by atoms with Gasteiger partial charge < -0.3 is 10.6 Å². The largest absolute Gasteiger partial charge is 0.354 e. The third-order valence-corrected chi connectivity index (χ3v) is 5.86. The fourth-order valence-electron chi connectivity index (χ4n) is 3.63. The molecule has 0 unspecified atom stereocenters. The summed E-state index contributed by atoms with van der Waals surface area (Å²) in [6, 6.07) is 14.4. The number of carbonyl (C=O) groups is 2. The fourth-order valence-corrected chi connectivity index (χ4v) is 3.63. The predicted molar refractivity (Wildman–Crippen MR) is 140 cm³/mol. The molecule has 0 atom stereocenters. The molecule has 4 rings (SSSR count). The molecule has 9 heteroatoms. The normalized spacial score (nSPS) is 10.9. The smallest absolute Gasteiger partial charge is 0.269 e. The first-order valence-electron chi connectivity index (χ1n) is 11.5. The summed E-state index contributed by atoms with van der Waals surface area (Å²) in [5.41, 5.74) is 4.64. The highest BCUT2D eigenvalue weighted by Gasteiger charge is 2.22. The SMILES string of the molecule is CNC(=O)c1cc(-c2cncc(-c3cc(NC(=O)c4ccnc(C(C)(C)C#N)c4)ccc3C)n2)ccn1. The van der Waals surface area contributed by atoms with Crippen LogP contribution in [-0.4, -0.2) is 38.8 Å². The standard InChI is InChI=1S/C28H25N7O2/c1-17-5-6-20(34-26(36)19-8-10-33-25(12-19)28(2,3)16-29)13-21(17)24-15-31-14-23(35-24)18-7-9-32-22(11-18)27(37)30-4/h5-15H,1-4H3,(H,30,37)(H,34,36). The van der Waals surface area contributed by atoms with Crippen LogP contribution in [0.1, 0.15) is 46.0 Å². The monoisotopic (exact) mass is 491 g/mol. The first-order chi connectivity index (χ1) is 17.7. The Hall–Kier alpha value is -4.97. The van der Waals surface area contributed by atoms with Crippen LogP contribution < -0.4 is 10.6 Å². The number of nitrogens with zero attached hydrogens (tertiary/aromatic N) is 5. The minimum Gasteiger partial charge on any atom is -0.354 e. The van der Waals surface area contributed by atoms with Gasteiger partial charge in [0.2, 0.25) is 0 Å². The second kappa shape index (κ2) is 10.3. The Morgan fingerprint density at radius 3 is 2.46 bits per heavy atom. The van der Waals surface area contributed by atoms with Gasteiger partial charge >= 0.3 is 0 Å². The maximum atomic E-state index is 13.0. The molecule has 1 aromatic carbocycles. The Bertz CT molecular complexity index is 1540. The molecular formula is C28H25N7O2. The molecule has 9 nitrogen and oxygen atoms in total. The van der Waals surface area contributed by atoms with Crippen LogP contribution in [0.25, 0.3) is 22.5 Å². The quantitative estimate of drug-likeness (QED) is 0.410. The molecule has 2 amide bonds. The molecule has 0 radical (unpaired) electrons. The number of pyridine rings is 2. The van der Waals surface area contributed by atoms with Crippen molar-refractivity contribution in [3.63, 3.8) is 0 Å². The van der Waals surface area contributed by atoms with Gasteiger partial charge in [-0.3, -0.25) is 24.5 Å². The molecule has 3 heterocycles. The van der Waals surface area contributed by atoms with Crippen molar-refractivity contribution in [2.45, 2.75) is 26.2 Å². The number of hydrogen-bond acceptors (Lipinski definition) is 7. The minimum absolute atomic E-state index is 0.283. The lowest BCUT2D eigenvalue weighted by molar-refractivity contribution is 0.0957. The van der Waals surface area contributed by atoms with Crippen molar-refractivity contribution in [2.24, 2.45) is 0 Å². The molecule has 0 saturated heterocycles. The second-order valence-electron chi connectivity index (χ2n) is 8.95. The summed E-state index contributed by atoms with van der Waals surface area (Å²) < 4.78 is 0. The summed E-state index contributed by atoms with van der Waals surface area (Å²) in [5, 5.41) is 14.9.